The predicted molar refractivity (Wildman–Crippen MR) is 70.0 cm³/mol. The van der Waals surface area contributed by atoms with Crippen LogP contribution in [0.25, 0.3) is 11.0 Å². The van der Waals surface area contributed by atoms with Gasteiger partial charge in [0.05, 0.1) is 5.56 Å². The Morgan fingerprint density at radius 2 is 2.00 bits per heavy atom. The Labute approximate surface area is 110 Å². The lowest BCUT2D eigenvalue weighted by molar-refractivity contribution is -0.137. The largest absolute Gasteiger partial charge is 0.481 e. The van der Waals surface area contributed by atoms with Crippen molar-refractivity contribution in [3.63, 3.8) is 0 Å². The molecule has 100 valence electrons. The van der Waals surface area contributed by atoms with Gasteiger partial charge in [-0.3, -0.25) is 9.59 Å². The number of hydrogen-bond donors (Lipinski definition) is 2. The van der Waals surface area contributed by atoms with E-state index in [2.05, 4.69) is 5.32 Å². The Bertz CT molecular complexity index is 588. The Morgan fingerprint density at radius 3 is 2.79 bits per heavy atom. The summed E-state index contributed by atoms with van der Waals surface area (Å²) in [6, 6.07) is 7.33. The zero-order valence-electron chi connectivity index (χ0n) is 10.4. The van der Waals surface area contributed by atoms with Gasteiger partial charge >= 0.3 is 5.97 Å². The number of furan rings is 1. The fourth-order valence-electron chi connectivity index (χ4n) is 1.85. The number of fused-ring (bicyclic) bond motifs is 1. The third-order valence-corrected chi connectivity index (χ3v) is 2.83. The highest BCUT2D eigenvalue weighted by Gasteiger charge is 2.12. The first-order chi connectivity index (χ1) is 9.18. The van der Waals surface area contributed by atoms with Crippen LogP contribution in [0.1, 0.15) is 29.6 Å². The van der Waals surface area contributed by atoms with E-state index in [1.807, 2.05) is 18.2 Å². The van der Waals surface area contributed by atoms with Gasteiger partial charge in [-0.15, -0.1) is 0 Å². The first kappa shape index (κ1) is 13.1. The van der Waals surface area contributed by atoms with Crippen LogP contribution in [-0.2, 0) is 4.79 Å². The number of para-hydroxylation sites is 1. The van der Waals surface area contributed by atoms with Gasteiger partial charge in [-0.25, -0.2) is 0 Å². The third kappa shape index (κ3) is 3.34. The van der Waals surface area contributed by atoms with E-state index < -0.39 is 5.97 Å². The molecule has 0 atom stereocenters. The van der Waals surface area contributed by atoms with Gasteiger partial charge in [-0.05, 0) is 18.9 Å². The van der Waals surface area contributed by atoms with Gasteiger partial charge in [0, 0.05) is 18.4 Å². The summed E-state index contributed by atoms with van der Waals surface area (Å²) in [5.41, 5.74) is 1.19. The number of carbonyl (C=O) groups excluding carboxylic acids is 1. The first-order valence-electron chi connectivity index (χ1n) is 6.14. The minimum atomic E-state index is -0.813. The molecule has 1 aromatic heterocycles. The summed E-state index contributed by atoms with van der Waals surface area (Å²) in [7, 11) is 0. The number of carboxylic acid groups (broad SMARTS) is 1. The molecule has 0 fully saturated rings. The highest BCUT2D eigenvalue weighted by Crippen LogP contribution is 2.20. The summed E-state index contributed by atoms with van der Waals surface area (Å²) in [5.74, 6) is -1.01. The number of amides is 1. The van der Waals surface area contributed by atoms with Crippen LogP contribution in [0.2, 0.25) is 0 Å². The van der Waals surface area contributed by atoms with E-state index in [1.165, 1.54) is 6.26 Å². The highest BCUT2D eigenvalue weighted by atomic mass is 16.4. The number of hydrogen-bond acceptors (Lipinski definition) is 3. The second-order valence-corrected chi connectivity index (χ2v) is 4.25. The number of carboxylic acids is 1. The average Bonchev–Trinajstić information content (AvgIpc) is 2.81. The Balaban J connectivity index is 1.88. The maximum absolute atomic E-state index is 11.9. The fraction of sp³-hybridized carbons (Fsp3) is 0.286. The second-order valence-electron chi connectivity index (χ2n) is 4.25. The lowest BCUT2D eigenvalue weighted by Gasteiger charge is -2.02. The van der Waals surface area contributed by atoms with Gasteiger partial charge in [0.1, 0.15) is 11.8 Å². The number of benzene rings is 1. The summed E-state index contributed by atoms with van der Waals surface area (Å²) < 4.78 is 5.29. The Hall–Kier alpha value is -2.30. The van der Waals surface area contributed by atoms with Crippen LogP contribution in [0.4, 0.5) is 0 Å². The summed E-state index contributed by atoms with van der Waals surface area (Å²) in [4.78, 5) is 22.3. The molecule has 0 bridgehead atoms. The summed E-state index contributed by atoms with van der Waals surface area (Å²) in [5, 5.41) is 12.0. The lowest BCUT2D eigenvalue weighted by atomic mass is 10.1. The minimum Gasteiger partial charge on any atom is -0.481 e. The zero-order valence-corrected chi connectivity index (χ0v) is 10.4. The van der Waals surface area contributed by atoms with Crippen molar-refractivity contribution in [2.45, 2.75) is 19.3 Å². The minimum absolute atomic E-state index is 0.129. The van der Waals surface area contributed by atoms with Crippen molar-refractivity contribution in [3.8, 4) is 0 Å². The van der Waals surface area contributed by atoms with Gasteiger partial charge in [0.15, 0.2) is 0 Å². The van der Waals surface area contributed by atoms with E-state index in [4.69, 9.17) is 9.52 Å². The molecule has 0 saturated carbocycles. The van der Waals surface area contributed by atoms with Gasteiger partial charge in [0.25, 0.3) is 5.91 Å². The highest BCUT2D eigenvalue weighted by molar-refractivity contribution is 6.05. The maximum atomic E-state index is 11.9. The number of nitrogens with one attached hydrogen (secondary N) is 1. The van der Waals surface area contributed by atoms with Gasteiger partial charge in [0.2, 0.25) is 0 Å². The average molecular weight is 261 g/mol. The molecule has 2 N–H and O–H groups in total. The number of aliphatic carboxylic acids is 1. The van der Waals surface area contributed by atoms with Gasteiger partial charge in [-0.2, -0.15) is 0 Å². The summed E-state index contributed by atoms with van der Waals surface area (Å²) in [6.45, 7) is 0.464. The third-order valence-electron chi connectivity index (χ3n) is 2.83. The van der Waals surface area contributed by atoms with Crippen LogP contribution in [0, 0.1) is 0 Å². The van der Waals surface area contributed by atoms with Crippen molar-refractivity contribution in [1.29, 1.82) is 0 Å². The lowest BCUT2D eigenvalue weighted by Crippen LogP contribution is -2.24. The second kappa shape index (κ2) is 6.04. The molecule has 0 spiro atoms. The topological polar surface area (TPSA) is 79.5 Å². The summed E-state index contributed by atoms with van der Waals surface area (Å²) in [6.07, 6.45) is 2.78. The molecular formula is C14H15NO4. The zero-order chi connectivity index (χ0) is 13.7. The van der Waals surface area contributed by atoms with E-state index in [-0.39, 0.29) is 12.3 Å². The van der Waals surface area contributed by atoms with Crippen LogP contribution in [0.3, 0.4) is 0 Å². The Kier molecular flexibility index (Phi) is 4.18. The first-order valence-corrected chi connectivity index (χ1v) is 6.14. The van der Waals surface area contributed by atoms with Crippen molar-refractivity contribution in [2.24, 2.45) is 0 Å². The van der Waals surface area contributed by atoms with Crippen LogP contribution in [-0.4, -0.2) is 23.5 Å². The molecule has 0 aliphatic carbocycles. The SMILES string of the molecule is O=C(O)CCCCNC(=O)c1coc2ccccc12. The van der Waals surface area contributed by atoms with Gasteiger partial charge in [-0.1, -0.05) is 18.2 Å². The molecule has 5 nitrogen and oxygen atoms in total. The molecule has 0 aliphatic heterocycles. The van der Waals surface area contributed by atoms with E-state index in [1.54, 1.807) is 6.07 Å². The van der Waals surface area contributed by atoms with Crippen molar-refractivity contribution < 1.29 is 19.1 Å². The van der Waals surface area contributed by atoms with E-state index >= 15 is 0 Å². The Morgan fingerprint density at radius 1 is 1.21 bits per heavy atom. The molecule has 2 rings (SSSR count). The van der Waals surface area contributed by atoms with E-state index in [0.717, 1.165) is 5.39 Å². The standard InChI is InChI=1S/C14H15NO4/c16-13(17)7-3-4-8-15-14(18)11-9-19-12-6-2-1-5-10(11)12/h1-2,5-6,9H,3-4,7-8H2,(H,15,18)(H,16,17). The molecule has 0 radical (unpaired) electrons. The van der Waals surface area contributed by atoms with Crippen LogP contribution in [0.5, 0.6) is 0 Å². The normalized spacial score (nSPS) is 10.5. The molecular weight excluding hydrogens is 246 g/mol. The molecule has 1 heterocycles. The van der Waals surface area contributed by atoms with Crippen LogP contribution >= 0.6 is 0 Å². The van der Waals surface area contributed by atoms with E-state index in [0.29, 0.717) is 30.5 Å². The molecule has 1 aromatic carbocycles. The maximum Gasteiger partial charge on any atom is 0.303 e. The molecule has 0 unspecified atom stereocenters. The fourth-order valence-corrected chi connectivity index (χ4v) is 1.85. The molecule has 2 aromatic rings. The molecule has 0 saturated heterocycles. The van der Waals surface area contributed by atoms with Crippen molar-refractivity contribution in [2.75, 3.05) is 6.54 Å². The van der Waals surface area contributed by atoms with Crippen molar-refractivity contribution >= 4 is 22.8 Å². The van der Waals surface area contributed by atoms with Gasteiger partial charge < -0.3 is 14.8 Å². The molecule has 5 heteroatoms. The molecule has 1 amide bonds. The monoisotopic (exact) mass is 261 g/mol. The predicted octanol–water partition coefficient (Wildman–Crippen LogP) is 2.42. The smallest absolute Gasteiger partial charge is 0.303 e. The quantitative estimate of drug-likeness (QED) is 0.782. The number of rotatable bonds is 6. The van der Waals surface area contributed by atoms with Crippen LogP contribution in [0.15, 0.2) is 34.9 Å². The van der Waals surface area contributed by atoms with E-state index in [9.17, 15) is 9.59 Å². The number of carbonyl (C=O) groups is 2. The number of unbranched alkanes of at least 4 members (excludes halogenated alkanes) is 1. The van der Waals surface area contributed by atoms with Crippen LogP contribution < -0.4 is 5.32 Å². The molecule has 0 aliphatic rings. The van der Waals surface area contributed by atoms with Crippen molar-refractivity contribution in [1.82, 2.24) is 5.32 Å². The van der Waals surface area contributed by atoms with Crippen molar-refractivity contribution in [3.05, 3.63) is 36.1 Å². The molecule has 19 heavy (non-hydrogen) atoms. The summed E-state index contributed by atoms with van der Waals surface area (Å²) >= 11 is 0.